The van der Waals surface area contributed by atoms with Crippen molar-refractivity contribution in [2.45, 2.75) is 0 Å². The van der Waals surface area contributed by atoms with Crippen LogP contribution < -0.4 is 5.73 Å². The van der Waals surface area contributed by atoms with E-state index in [4.69, 9.17) is 5.73 Å². The summed E-state index contributed by atoms with van der Waals surface area (Å²) in [6.45, 7) is 0. The van der Waals surface area contributed by atoms with Crippen LogP contribution in [0.25, 0.3) is 22.4 Å². The molecule has 20 heavy (non-hydrogen) atoms. The van der Waals surface area contributed by atoms with Crippen molar-refractivity contribution in [3.8, 4) is 28.1 Å². The number of benzene rings is 1. The highest BCUT2D eigenvalue weighted by atomic mass is 16.3. The first-order chi connectivity index (χ1) is 9.65. The second kappa shape index (κ2) is 4.65. The van der Waals surface area contributed by atoms with Gasteiger partial charge in [-0.15, -0.1) is 10.2 Å². The molecule has 0 bridgehead atoms. The molecule has 0 spiro atoms. The molecular formula is C14H13N5O. The lowest BCUT2D eigenvalue weighted by Crippen LogP contribution is -1.98. The van der Waals surface area contributed by atoms with Crippen LogP contribution in [0.4, 0.5) is 5.82 Å². The monoisotopic (exact) mass is 267 g/mol. The number of phenolic OH excluding ortho intramolecular Hbond substituents is 1. The zero-order valence-corrected chi connectivity index (χ0v) is 10.9. The number of nitrogens with zero attached hydrogens (tertiary/aromatic N) is 4. The number of nitrogen functional groups attached to an aromatic ring is 1. The Hall–Kier alpha value is -2.89. The molecular weight excluding hydrogens is 254 g/mol. The molecule has 3 N–H and O–H groups in total. The van der Waals surface area contributed by atoms with Gasteiger partial charge in [-0.1, -0.05) is 12.1 Å². The van der Waals surface area contributed by atoms with E-state index in [1.807, 2.05) is 19.3 Å². The van der Waals surface area contributed by atoms with E-state index < -0.39 is 0 Å². The maximum Gasteiger partial charge on any atom is 0.154 e. The SMILES string of the molecule is Cn1cc(-c2cc(-c3ccccc3O)nnc2N)cn1. The standard InChI is InChI=1S/C14H13N5O/c1-19-8-9(7-16-19)11-6-12(17-18-14(11)15)10-4-2-3-5-13(10)20/h2-8,20H,1H3,(H2,15,18). The molecule has 6 heteroatoms. The van der Waals surface area contributed by atoms with Gasteiger partial charge in [0.25, 0.3) is 0 Å². The molecule has 3 aromatic rings. The maximum atomic E-state index is 9.88. The third kappa shape index (κ3) is 2.07. The molecule has 2 heterocycles. The summed E-state index contributed by atoms with van der Waals surface area (Å²) < 4.78 is 1.69. The lowest BCUT2D eigenvalue weighted by Gasteiger charge is -2.06. The van der Waals surface area contributed by atoms with Crippen molar-refractivity contribution in [1.29, 1.82) is 0 Å². The van der Waals surface area contributed by atoms with Crippen molar-refractivity contribution in [3.63, 3.8) is 0 Å². The van der Waals surface area contributed by atoms with Gasteiger partial charge >= 0.3 is 0 Å². The summed E-state index contributed by atoms with van der Waals surface area (Å²) in [4.78, 5) is 0. The third-order valence-electron chi connectivity index (χ3n) is 3.02. The van der Waals surface area contributed by atoms with Gasteiger partial charge in [0.1, 0.15) is 5.75 Å². The van der Waals surface area contributed by atoms with Crippen molar-refractivity contribution in [3.05, 3.63) is 42.7 Å². The van der Waals surface area contributed by atoms with Crippen molar-refractivity contribution >= 4 is 5.82 Å². The second-order valence-corrected chi connectivity index (χ2v) is 4.45. The summed E-state index contributed by atoms with van der Waals surface area (Å²) in [5.41, 5.74) is 8.66. The van der Waals surface area contributed by atoms with Crippen molar-refractivity contribution in [2.24, 2.45) is 7.05 Å². The van der Waals surface area contributed by atoms with Gasteiger partial charge in [-0.3, -0.25) is 4.68 Å². The van der Waals surface area contributed by atoms with Crippen molar-refractivity contribution in [2.75, 3.05) is 5.73 Å². The Morgan fingerprint density at radius 2 is 1.95 bits per heavy atom. The Morgan fingerprint density at radius 1 is 1.15 bits per heavy atom. The minimum atomic E-state index is 0.156. The smallest absolute Gasteiger partial charge is 0.154 e. The zero-order chi connectivity index (χ0) is 14.1. The van der Waals surface area contributed by atoms with Crippen LogP contribution in [-0.2, 0) is 7.05 Å². The first-order valence-corrected chi connectivity index (χ1v) is 6.06. The topological polar surface area (TPSA) is 89.8 Å². The van der Waals surface area contributed by atoms with Crippen LogP contribution in [0.1, 0.15) is 0 Å². The first-order valence-electron chi connectivity index (χ1n) is 6.06. The Bertz CT molecular complexity index is 766. The van der Waals surface area contributed by atoms with Gasteiger partial charge in [0.2, 0.25) is 0 Å². The Morgan fingerprint density at radius 3 is 2.65 bits per heavy atom. The van der Waals surface area contributed by atoms with Crippen LogP contribution in [0.15, 0.2) is 42.7 Å². The molecule has 2 aromatic heterocycles. The number of hydrogen-bond donors (Lipinski definition) is 2. The number of aromatic hydroxyl groups is 1. The lowest BCUT2D eigenvalue weighted by atomic mass is 10.1. The number of nitrogens with two attached hydrogens (primary N) is 1. The van der Waals surface area contributed by atoms with E-state index in [0.29, 0.717) is 17.1 Å². The van der Waals surface area contributed by atoms with Crippen LogP contribution in [0.5, 0.6) is 5.75 Å². The van der Waals surface area contributed by atoms with E-state index in [2.05, 4.69) is 15.3 Å². The lowest BCUT2D eigenvalue weighted by molar-refractivity contribution is 0.477. The van der Waals surface area contributed by atoms with Crippen LogP contribution >= 0.6 is 0 Å². The molecule has 0 aliphatic rings. The summed E-state index contributed by atoms with van der Waals surface area (Å²) in [5, 5.41) is 22.0. The molecule has 0 saturated carbocycles. The van der Waals surface area contributed by atoms with Gasteiger partial charge < -0.3 is 10.8 Å². The molecule has 0 aliphatic carbocycles. The summed E-state index contributed by atoms with van der Waals surface area (Å²) >= 11 is 0. The quantitative estimate of drug-likeness (QED) is 0.739. The molecule has 6 nitrogen and oxygen atoms in total. The predicted molar refractivity (Wildman–Crippen MR) is 75.7 cm³/mol. The Balaban J connectivity index is 2.14. The summed E-state index contributed by atoms with van der Waals surface area (Å²) in [7, 11) is 1.83. The van der Waals surface area contributed by atoms with Crippen LogP contribution in [0.3, 0.4) is 0 Å². The fourth-order valence-corrected chi connectivity index (χ4v) is 2.01. The highest BCUT2D eigenvalue weighted by molar-refractivity contribution is 5.78. The van der Waals surface area contributed by atoms with Gasteiger partial charge in [0.05, 0.1) is 11.9 Å². The molecule has 0 aliphatic heterocycles. The summed E-state index contributed by atoms with van der Waals surface area (Å²) in [6, 6.07) is 8.77. The third-order valence-corrected chi connectivity index (χ3v) is 3.02. The zero-order valence-electron chi connectivity index (χ0n) is 10.9. The van der Waals surface area contributed by atoms with Gasteiger partial charge in [-0.2, -0.15) is 5.10 Å². The number of anilines is 1. The van der Waals surface area contributed by atoms with Crippen LogP contribution in [-0.4, -0.2) is 25.1 Å². The highest BCUT2D eigenvalue weighted by Crippen LogP contribution is 2.31. The molecule has 3 rings (SSSR count). The van der Waals surface area contributed by atoms with E-state index in [9.17, 15) is 5.11 Å². The Labute approximate surface area is 115 Å². The van der Waals surface area contributed by atoms with Gasteiger partial charge in [0.15, 0.2) is 5.82 Å². The Kier molecular flexibility index (Phi) is 2.83. The van der Waals surface area contributed by atoms with E-state index in [1.165, 1.54) is 0 Å². The minimum absolute atomic E-state index is 0.156. The van der Waals surface area contributed by atoms with E-state index in [-0.39, 0.29) is 5.75 Å². The molecule has 0 atom stereocenters. The van der Waals surface area contributed by atoms with Gasteiger partial charge in [-0.25, -0.2) is 0 Å². The molecule has 0 radical (unpaired) electrons. The van der Waals surface area contributed by atoms with Gasteiger partial charge in [-0.05, 0) is 18.2 Å². The van der Waals surface area contributed by atoms with Crippen LogP contribution in [0.2, 0.25) is 0 Å². The van der Waals surface area contributed by atoms with Crippen molar-refractivity contribution < 1.29 is 5.11 Å². The molecule has 0 amide bonds. The van der Waals surface area contributed by atoms with E-state index >= 15 is 0 Å². The second-order valence-electron chi connectivity index (χ2n) is 4.45. The highest BCUT2D eigenvalue weighted by Gasteiger charge is 2.11. The molecule has 0 fully saturated rings. The normalized spacial score (nSPS) is 10.7. The summed E-state index contributed by atoms with van der Waals surface area (Å²) in [5.74, 6) is 0.487. The van der Waals surface area contributed by atoms with Crippen molar-refractivity contribution in [1.82, 2.24) is 20.0 Å². The minimum Gasteiger partial charge on any atom is -0.507 e. The van der Waals surface area contributed by atoms with Gasteiger partial charge in [0, 0.05) is 29.9 Å². The molecule has 1 aromatic carbocycles. The fraction of sp³-hybridized carbons (Fsp3) is 0.0714. The molecule has 0 unspecified atom stereocenters. The number of phenols is 1. The van der Waals surface area contributed by atoms with E-state index in [0.717, 1.165) is 11.1 Å². The summed E-state index contributed by atoms with van der Waals surface area (Å²) in [6.07, 6.45) is 3.56. The number of rotatable bonds is 2. The van der Waals surface area contributed by atoms with E-state index in [1.54, 1.807) is 35.1 Å². The van der Waals surface area contributed by atoms with Crippen LogP contribution in [0, 0.1) is 0 Å². The average molecular weight is 267 g/mol. The number of para-hydroxylation sites is 1. The number of aromatic nitrogens is 4. The largest absolute Gasteiger partial charge is 0.507 e. The first kappa shape index (κ1) is 12.2. The molecule has 0 saturated heterocycles. The maximum absolute atomic E-state index is 9.88. The number of aryl methyl sites for hydroxylation is 1. The number of hydrogen-bond acceptors (Lipinski definition) is 5. The fourth-order valence-electron chi connectivity index (χ4n) is 2.01. The predicted octanol–water partition coefficient (Wildman–Crippen LogP) is 1.83. The molecule has 100 valence electrons. The average Bonchev–Trinajstić information content (AvgIpc) is 2.87.